The first-order chi connectivity index (χ1) is 16.1. The largest absolute Gasteiger partial charge is 0.373 e. The summed E-state index contributed by atoms with van der Waals surface area (Å²) in [5.41, 5.74) is -0.473. The van der Waals surface area contributed by atoms with Crippen LogP contribution in [0.3, 0.4) is 0 Å². The maximum absolute atomic E-state index is 13.5. The van der Waals surface area contributed by atoms with Crippen molar-refractivity contribution in [3.05, 3.63) is 0 Å². The van der Waals surface area contributed by atoms with Crippen LogP contribution in [0.25, 0.3) is 0 Å². The van der Waals surface area contributed by atoms with Crippen LogP contribution in [0.2, 0.25) is 0 Å². The summed E-state index contributed by atoms with van der Waals surface area (Å²) in [5, 5.41) is 0. The number of ether oxygens (including phenoxy) is 2. The summed E-state index contributed by atoms with van der Waals surface area (Å²) >= 11 is 0. The maximum Gasteiger partial charge on any atom is 0.236 e. The molecule has 7 rings (SSSR count). The third-order valence-electron chi connectivity index (χ3n) is 10.0. The van der Waals surface area contributed by atoms with E-state index < -0.39 is 0 Å². The fourth-order valence-corrected chi connectivity index (χ4v) is 9.29. The summed E-state index contributed by atoms with van der Waals surface area (Å²) in [6.45, 7) is 6.83. The van der Waals surface area contributed by atoms with Crippen molar-refractivity contribution in [1.29, 1.82) is 0 Å². The van der Waals surface area contributed by atoms with Gasteiger partial charge in [0, 0.05) is 12.6 Å². The summed E-state index contributed by atoms with van der Waals surface area (Å²) < 4.78 is 11.8. The SMILES string of the molecule is CC1(C)CC(N2C(=O)C3C4CCC(O4)C3C2=O)CC(C)(CN2C(=O)C3C4CCC(O4)C3C2=O)C1. The predicted octanol–water partition coefficient (Wildman–Crippen LogP) is 1.90. The monoisotopic (exact) mass is 470 g/mol. The zero-order chi connectivity index (χ0) is 23.7. The third-order valence-corrected chi connectivity index (χ3v) is 10.0. The molecule has 34 heavy (non-hydrogen) atoms. The highest BCUT2D eigenvalue weighted by Crippen LogP contribution is 2.54. The fraction of sp³-hybridized carbons (Fsp3) is 0.846. The van der Waals surface area contributed by atoms with Gasteiger partial charge in [0.1, 0.15) is 0 Å². The van der Waals surface area contributed by atoms with Gasteiger partial charge in [-0.2, -0.15) is 0 Å². The number of imide groups is 2. The van der Waals surface area contributed by atoms with E-state index in [0.29, 0.717) is 13.0 Å². The molecule has 6 saturated heterocycles. The Morgan fingerprint density at radius 1 is 0.706 bits per heavy atom. The molecule has 1 aliphatic carbocycles. The lowest BCUT2D eigenvalue weighted by molar-refractivity contribution is -0.152. The zero-order valence-corrected chi connectivity index (χ0v) is 20.2. The van der Waals surface area contributed by atoms with E-state index in [2.05, 4.69) is 20.8 Å². The average Bonchev–Trinajstić information content (AvgIpc) is 3.57. The minimum atomic E-state index is -0.357. The summed E-state index contributed by atoms with van der Waals surface area (Å²) in [6, 6.07) is -0.203. The van der Waals surface area contributed by atoms with Gasteiger partial charge in [-0.3, -0.25) is 29.0 Å². The van der Waals surface area contributed by atoms with E-state index in [-0.39, 0.29) is 88.6 Å². The van der Waals surface area contributed by atoms with Crippen molar-refractivity contribution >= 4 is 23.6 Å². The van der Waals surface area contributed by atoms with Crippen LogP contribution in [0.15, 0.2) is 0 Å². The van der Waals surface area contributed by atoms with Crippen molar-refractivity contribution in [3.63, 3.8) is 0 Å². The molecule has 8 nitrogen and oxygen atoms in total. The Morgan fingerprint density at radius 3 is 1.62 bits per heavy atom. The molecule has 0 radical (unpaired) electrons. The van der Waals surface area contributed by atoms with Crippen LogP contribution < -0.4 is 0 Å². The molecule has 0 aromatic carbocycles. The van der Waals surface area contributed by atoms with Gasteiger partial charge in [0.05, 0.1) is 48.1 Å². The molecule has 6 aliphatic heterocycles. The Balaban J connectivity index is 1.14. The summed E-state index contributed by atoms with van der Waals surface area (Å²) in [4.78, 5) is 56.6. The molecule has 4 amide bonds. The molecule has 184 valence electrons. The number of carbonyl (C=O) groups is 4. The second kappa shape index (κ2) is 6.69. The van der Waals surface area contributed by atoms with Gasteiger partial charge in [0.15, 0.2) is 0 Å². The normalized spacial score (nSPS) is 50.6. The van der Waals surface area contributed by atoms with Gasteiger partial charge in [-0.1, -0.05) is 20.8 Å². The fourth-order valence-electron chi connectivity index (χ4n) is 9.29. The first-order valence-corrected chi connectivity index (χ1v) is 13.1. The van der Waals surface area contributed by atoms with E-state index >= 15 is 0 Å². The van der Waals surface area contributed by atoms with Gasteiger partial charge in [-0.25, -0.2) is 0 Å². The molecule has 6 heterocycles. The molecular formula is C26H34N2O6. The van der Waals surface area contributed by atoms with Gasteiger partial charge < -0.3 is 9.47 Å². The standard InChI is InChI=1S/C26H34N2O6/c1-25(2)8-12(28-23(31)19-15-6-7-16(34-15)20(19)24(28)32)9-26(3,10-25)11-27-21(29)17-13-4-5-14(33-13)18(17)22(27)30/h12-20H,4-11H2,1-3H3. The lowest BCUT2D eigenvalue weighted by Crippen LogP contribution is -2.53. The Bertz CT molecular complexity index is 953. The van der Waals surface area contributed by atoms with Gasteiger partial charge in [0.2, 0.25) is 23.6 Å². The van der Waals surface area contributed by atoms with Crippen molar-refractivity contribution in [1.82, 2.24) is 9.80 Å². The second-order valence-electron chi connectivity index (χ2n) is 13.2. The van der Waals surface area contributed by atoms with Gasteiger partial charge in [0.25, 0.3) is 0 Å². The predicted molar refractivity (Wildman–Crippen MR) is 118 cm³/mol. The number of carbonyl (C=O) groups excluding carboxylic acids is 4. The summed E-state index contributed by atoms with van der Waals surface area (Å²) in [5.74, 6) is -1.58. The number of amides is 4. The van der Waals surface area contributed by atoms with E-state index in [1.165, 1.54) is 4.90 Å². The first kappa shape index (κ1) is 21.5. The number of likely N-dealkylation sites (tertiary alicyclic amines) is 2. The van der Waals surface area contributed by atoms with Crippen molar-refractivity contribution in [3.8, 4) is 0 Å². The van der Waals surface area contributed by atoms with E-state index in [4.69, 9.17) is 9.47 Å². The topological polar surface area (TPSA) is 93.2 Å². The van der Waals surface area contributed by atoms with Crippen LogP contribution in [-0.4, -0.2) is 70.4 Å². The van der Waals surface area contributed by atoms with Gasteiger partial charge in [-0.15, -0.1) is 0 Å². The Morgan fingerprint density at radius 2 is 1.15 bits per heavy atom. The van der Waals surface area contributed by atoms with E-state index in [9.17, 15) is 19.2 Å². The van der Waals surface area contributed by atoms with E-state index in [0.717, 1.165) is 38.5 Å². The van der Waals surface area contributed by atoms with Crippen molar-refractivity contribution < 1.29 is 28.7 Å². The van der Waals surface area contributed by atoms with E-state index in [1.54, 1.807) is 4.90 Å². The van der Waals surface area contributed by atoms with Crippen LogP contribution in [0.1, 0.15) is 65.7 Å². The Hall–Kier alpha value is -1.80. The van der Waals surface area contributed by atoms with Crippen LogP contribution in [0, 0.1) is 34.5 Å². The van der Waals surface area contributed by atoms with Crippen LogP contribution in [0.5, 0.6) is 0 Å². The quantitative estimate of drug-likeness (QED) is 0.585. The molecule has 7 aliphatic rings. The highest BCUT2D eigenvalue weighted by atomic mass is 16.5. The lowest BCUT2D eigenvalue weighted by Gasteiger charge is -2.49. The Kier molecular flexibility index (Phi) is 4.23. The number of rotatable bonds is 3. The second-order valence-corrected chi connectivity index (χ2v) is 13.2. The van der Waals surface area contributed by atoms with Gasteiger partial charge in [-0.05, 0) is 55.8 Å². The van der Waals surface area contributed by atoms with Crippen LogP contribution in [0.4, 0.5) is 0 Å². The number of hydrogen-bond acceptors (Lipinski definition) is 6. The van der Waals surface area contributed by atoms with Crippen molar-refractivity contribution in [2.45, 2.75) is 96.2 Å². The number of hydrogen-bond donors (Lipinski definition) is 0. The van der Waals surface area contributed by atoms with Crippen molar-refractivity contribution in [2.24, 2.45) is 34.5 Å². The summed E-state index contributed by atoms with van der Waals surface area (Å²) in [6.07, 6.45) is 5.20. The smallest absolute Gasteiger partial charge is 0.236 e. The summed E-state index contributed by atoms with van der Waals surface area (Å²) in [7, 11) is 0. The van der Waals surface area contributed by atoms with Gasteiger partial charge >= 0.3 is 0 Å². The first-order valence-electron chi connectivity index (χ1n) is 13.1. The highest BCUT2D eigenvalue weighted by molar-refractivity contribution is 6.07. The molecule has 0 aromatic heterocycles. The number of nitrogens with zero attached hydrogens (tertiary/aromatic N) is 2. The molecule has 8 heteroatoms. The maximum atomic E-state index is 13.5. The molecule has 10 unspecified atom stereocenters. The molecule has 0 spiro atoms. The van der Waals surface area contributed by atoms with Crippen LogP contribution in [-0.2, 0) is 28.7 Å². The Labute approximate surface area is 199 Å². The molecular weight excluding hydrogens is 436 g/mol. The van der Waals surface area contributed by atoms with Crippen molar-refractivity contribution in [2.75, 3.05) is 6.54 Å². The molecule has 1 saturated carbocycles. The molecule has 10 atom stereocenters. The minimum absolute atomic E-state index is 0.0659. The molecule has 7 fully saturated rings. The minimum Gasteiger partial charge on any atom is -0.373 e. The van der Waals surface area contributed by atoms with Crippen LogP contribution >= 0.6 is 0 Å². The van der Waals surface area contributed by atoms with E-state index in [1.807, 2.05) is 0 Å². The molecule has 0 N–H and O–H groups in total. The molecule has 0 aromatic rings. The zero-order valence-electron chi connectivity index (χ0n) is 20.2. The third kappa shape index (κ3) is 2.73. The highest BCUT2D eigenvalue weighted by Gasteiger charge is 2.65. The molecule has 4 bridgehead atoms. The average molecular weight is 471 g/mol. The number of fused-ring (bicyclic) bond motifs is 10. The lowest BCUT2D eigenvalue weighted by atomic mass is 9.62.